The van der Waals surface area contributed by atoms with Crippen LogP contribution in [0.5, 0.6) is 0 Å². The van der Waals surface area contributed by atoms with Crippen LogP contribution in [0.3, 0.4) is 0 Å². The minimum atomic E-state index is -0.0866. The van der Waals surface area contributed by atoms with Crippen molar-refractivity contribution >= 4 is 11.8 Å². The molecule has 0 saturated carbocycles. The number of carbonyl (C=O) groups is 2. The fourth-order valence-electron chi connectivity index (χ4n) is 2.61. The number of carbonyl (C=O) groups excluding carboxylic acids is 2. The van der Waals surface area contributed by atoms with Crippen LogP contribution in [0.2, 0.25) is 0 Å². The first-order valence-corrected chi connectivity index (χ1v) is 9.18. The summed E-state index contributed by atoms with van der Waals surface area (Å²) in [5.74, 6) is 0.376. The quantitative estimate of drug-likeness (QED) is 0.708. The summed E-state index contributed by atoms with van der Waals surface area (Å²) in [6.07, 6.45) is 4.95. The SMILES string of the molecule is CC(C)CCN(CCC(=O)NCCc1ccccc1)C(=O)c1ccoc1. The second-order valence-electron chi connectivity index (χ2n) is 6.82. The minimum Gasteiger partial charge on any atom is -0.472 e. The Morgan fingerprint density at radius 2 is 1.88 bits per heavy atom. The number of nitrogens with one attached hydrogen (secondary N) is 1. The van der Waals surface area contributed by atoms with Crippen LogP contribution in [0.25, 0.3) is 0 Å². The Morgan fingerprint density at radius 1 is 1.12 bits per heavy atom. The molecule has 2 amide bonds. The molecule has 1 heterocycles. The smallest absolute Gasteiger partial charge is 0.257 e. The Morgan fingerprint density at radius 3 is 2.54 bits per heavy atom. The molecule has 2 rings (SSSR count). The van der Waals surface area contributed by atoms with Crippen LogP contribution in [-0.2, 0) is 11.2 Å². The number of hydrogen-bond acceptors (Lipinski definition) is 3. The number of rotatable bonds is 10. The number of benzene rings is 1. The van der Waals surface area contributed by atoms with Gasteiger partial charge in [-0.15, -0.1) is 0 Å². The summed E-state index contributed by atoms with van der Waals surface area (Å²) in [6, 6.07) is 11.7. The van der Waals surface area contributed by atoms with Gasteiger partial charge in [0, 0.05) is 26.1 Å². The summed E-state index contributed by atoms with van der Waals surface area (Å²) in [7, 11) is 0. The van der Waals surface area contributed by atoms with Gasteiger partial charge in [0.05, 0.1) is 11.8 Å². The Kier molecular flexibility index (Phi) is 7.93. The molecule has 0 fully saturated rings. The van der Waals surface area contributed by atoms with Crippen LogP contribution in [0.4, 0.5) is 0 Å². The van der Waals surface area contributed by atoms with Gasteiger partial charge in [0.1, 0.15) is 6.26 Å². The van der Waals surface area contributed by atoms with Crippen LogP contribution >= 0.6 is 0 Å². The number of hydrogen-bond donors (Lipinski definition) is 1. The first-order chi connectivity index (χ1) is 12.6. The molecule has 5 heteroatoms. The lowest BCUT2D eigenvalue weighted by molar-refractivity contribution is -0.121. The average molecular weight is 356 g/mol. The predicted molar refractivity (Wildman–Crippen MR) is 102 cm³/mol. The van der Waals surface area contributed by atoms with Crippen molar-refractivity contribution in [2.45, 2.75) is 33.1 Å². The number of furan rings is 1. The highest BCUT2D eigenvalue weighted by Gasteiger charge is 2.18. The fourth-order valence-corrected chi connectivity index (χ4v) is 2.61. The normalized spacial score (nSPS) is 10.7. The molecule has 0 atom stereocenters. The Balaban J connectivity index is 1.79. The first kappa shape index (κ1) is 19.8. The second kappa shape index (κ2) is 10.4. The highest BCUT2D eigenvalue weighted by Crippen LogP contribution is 2.10. The fraction of sp³-hybridized carbons (Fsp3) is 0.429. The predicted octanol–water partition coefficient (Wildman–Crippen LogP) is 3.52. The van der Waals surface area contributed by atoms with Gasteiger partial charge in [-0.25, -0.2) is 0 Å². The largest absolute Gasteiger partial charge is 0.472 e. The zero-order valence-electron chi connectivity index (χ0n) is 15.6. The Bertz CT molecular complexity index is 666. The van der Waals surface area contributed by atoms with Gasteiger partial charge >= 0.3 is 0 Å². The maximum Gasteiger partial charge on any atom is 0.257 e. The van der Waals surface area contributed by atoms with Crippen molar-refractivity contribution in [1.82, 2.24) is 10.2 Å². The van der Waals surface area contributed by atoms with Gasteiger partial charge in [-0.3, -0.25) is 9.59 Å². The van der Waals surface area contributed by atoms with E-state index in [0.717, 1.165) is 12.8 Å². The summed E-state index contributed by atoms with van der Waals surface area (Å²) in [5.41, 5.74) is 1.72. The van der Waals surface area contributed by atoms with E-state index in [0.29, 0.717) is 37.5 Å². The van der Waals surface area contributed by atoms with Gasteiger partial charge in [0.25, 0.3) is 5.91 Å². The molecular weight excluding hydrogens is 328 g/mol. The molecule has 2 aromatic rings. The zero-order valence-corrected chi connectivity index (χ0v) is 15.6. The molecule has 0 radical (unpaired) electrons. The highest BCUT2D eigenvalue weighted by molar-refractivity contribution is 5.94. The molecule has 140 valence electrons. The van der Waals surface area contributed by atoms with Gasteiger partial charge in [0.2, 0.25) is 5.91 Å². The monoisotopic (exact) mass is 356 g/mol. The molecule has 0 bridgehead atoms. The summed E-state index contributed by atoms with van der Waals surface area (Å²) < 4.78 is 5.01. The highest BCUT2D eigenvalue weighted by atomic mass is 16.3. The van der Waals surface area contributed by atoms with Crippen LogP contribution in [0, 0.1) is 5.92 Å². The lowest BCUT2D eigenvalue weighted by Gasteiger charge is -2.23. The topological polar surface area (TPSA) is 62.6 Å². The van der Waals surface area contributed by atoms with Crippen LogP contribution in [0.15, 0.2) is 53.3 Å². The molecule has 1 aromatic heterocycles. The first-order valence-electron chi connectivity index (χ1n) is 9.18. The van der Waals surface area contributed by atoms with Gasteiger partial charge in [-0.2, -0.15) is 0 Å². The van der Waals surface area contributed by atoms with Gasteiger partial charge in [-0.05, 0) is 30.4 Å². The third-order valence-electron chi connectivity index (χ3n) is 4.22. The lowest BCUT2D eigenvalue weighted by Crippen LogP contribution is -2.36. The number of amides is 2. The van der Waals surface area contributed by atoms with E-state index in [1.54, 1.807) is 11.0 Å². The molecule has 0 saturated heterocycles. The molecule has 0 aliphatic heterocycles. The number of nitrogens with zero attached hydrogens (tertiary/aromatic N) is 1. The van der Waals surface area contributed by atoms with Crippen molar-refractivity contribution in [2.24, 2.45) is 5.92 Å². The summed E-state index contributed by atoms with van der Waals surface area (Å²) in [6.45, 7) is 5.89. The summed E-state index contributed by atoms with van der Waals surface area (Å²) in [5, 5.41) is 2.93. The average Bonchev–Trinajstić information content (AvgIpc) is 3.16. The van der Waals surface area contributed by atoms with Gasteiger partial charge < -0.3 is 14.6 Å². The molecule has 0 spiro atoms. The molecule has 0 unspecified atom stereocenters. The molecular formula is C21H28N2O3. The zero-order chi connectivity index (χ0) is 18.8. The molecule has 0 aliphatic rings. The van der Waals surface area contributed by atoms with Crippen LogP contribution < -0.4 is 5.32 Å². The van der Waals surface area contributed by atoms with E-state index in [9.17, 15) is 9.59 Å². The van der Waals surface area contributed by atoms with Crippen molar-refractivity contribution < 1.29 is 14.0 Å². The van der Waals surface area contributed by atoms with Crippen molar-refractivity contribution in [2.75, 3.05) is 19.6 Å². The van der Waals surface area contributed by atoms with E-state index in [-0.39, 0.29) is 11.8 Å². The maximum absolute atomic E-state index is 12.6. The molecule has 1 aromatic carbocycles. The minimum absolute atomic E-state index is 0.0320. The van der Waals surface area contributed by atoms with Crippen molar-refractivity contribution in [3.63, 3.8) is 0 Å². The van der Waals surface area contributed by atoms with E-state index >= 15 is 0 Å². The van der Waals surface area contributed by atoms with Gasteiger partial charge in [-0.1, -0.05) is 44.2 Å². The van der Waals surface area contributed by atoms with E-state index in [1.807, 2.05) is 30.3 Å². The maximum atomic E-state index is 12.6. The van der Waals surface area contributed by atoms with E-state index in [4.69, 9.17) is 4.42 Å². The van der Waals surface area contributed by atoms with E-state index in [1.165, 1.54) is 18.1 Å². The second-order valence-corrected chi connectivity index (χ2v) is 6.82. The standard InChI is InChI=1S/C21H28N2O3/c1-17(2)9-13-23(21(25)19-11-15-26-16-19)14-10-20(24)22-12-8-18-6-4-3-5-7-18/h3-7,11,15-17H,8-10,12-14H2,1-2H3,(H,22,24). The third-order valence-corrected chi connectivity index (χ3v) is 4.22. The van der Waals surface area contributed by atoms with Crippen molar-refractivity contribution in [3.05, 3.63) is 60.1 Å². The van der Waals surface area contributed by atoms with Crippen molar-refractivity contribution in [3.8, 4) is 0 Å². The molecule has 1 N–H and O–H groups in total. The lowest BCUT2D eigenvalue weighted by atomic mass is 10.1. The molecule has 26 heavy (non-hydrogen) atoms. The molecule has 5 nitrogen and oxygen atoms in total. The molecule has 0 aliphatic carbocycles. The van der Waals surface area contributed by atoms with Gasteiger partial charge in [0.15, 0.2) is 0 Å². The van der Waals surface area contributed by atoms with Crippen LogP contribution in [-0.4, -0.2) is 36.3 Å². The Hall–Kier alpha value is -2.56. The summed E-state index contributed by atoms with van der Waals surface area (Å²) >= 11 is 0. The van der Waals surface area contributed by atoms with Crippen LogP contribution in [0.1, 0.15) is 42.6 Å². The summed E-state index contributed by atoms with van der Waals surface area (Å²) in [4.78, 5) is 26.4. The van der Waals surface area contributed by atoms with E-state index < -0.39 is 0 Å². The third kappa shape index (κ3) is 6.75. The van der Waals surface area contributed by atoms with Crippen molar-refractivity contribution in [1.29, 1.82) is 0 Å². The van der Waals surface area contributed by atoms with E-state index in [2.05, 4.69) is 19.2 Å². The Labute approximate surface area is 155 Å².